The zero-order chi connectivity index (χ0) is 20.0. The van der Waals surface area contributed by atoms with Gasteiger partial charge in [-0.3, -0.25) is 0 Å². The molecule has 1 aliphatic heterocycles. The van der Waals surface area contributed by atoms with Gasteiger partial charge in [0.05, 0.1) is 0 Å². The molecule has 1 saturated heterocycles. The molecular formula is C25H53N3. The lowest BCUT2D eigenvalue weighted by Gasteiger charge is -2.23. The molecule has 0 radical (unpaired) electrons. The van der Waals surface area contributed by atoms with E-state index in [-0.39, 0.29) is 0 Å². The van der Waals surface area contributed by atoms with Crippen LogP contribution in [0.25, 0.3) is 0 Å². The quantitative estimate of drug-likeness (QED) is 0.326. The van der Waals surface area contributed by atoms with Gasteiger partial charge < -0.3 is 15.5 Å². The third kappa shape index (κ3) is 17.9. The van der Waals surface area contributed by atoms with Gasteiger partial charge in [-0.15, -0.1) is 0 Å². The third-order valence-electron chi connectivity index (χ3n) is 6.24. The van der Waals surface area contributed by atoms with E-state index in [1.54, 1.807) is 0 Å². The highest BCUT2D eigenvalue weighted by Crippen LogP contribution is 2.13. The predicted octanol–water partition coefficient (Wildman–Crippen LogP) is 6.13. The highest BCUT2D eigenvalue weighted by molar-refractivity contribution is 4.63. The number of hydrogen-bond donors (Lipinski definition) is 2. The van der Waals surface area contributed by atoms with Gasteiger partial charge in [-0.2, -0.15) is 0 Å². The summed E-state index contributed by atoms with van der Waals surface area (Å²) < 4.78 is 0. The smallest absolute Gasteiger partial charge is 0.0107 e. The predicted molar refractivity (Wildman–Crippen MR) is 126 cm³/mol. The van der Waals surface area contributed by atoms with E-state index in [9.17, 15) is 0 Å². The Bertz CT molecular complexity index is 284. The first-order chi connectivity index (χ1) is 13.9. The van der Waals surface area contributed by atoms with Crippen molar-refractivity contribution in [2.45, 2.75) is 116 Å². The maximum Gasteiger partial charge on any atom is 0.0107 e. The van der Waals surface area contributed by atoms with Gasteiger partial charge in [-0.05, 0) is 38.9 Å². The zero-order valence-electron chi connectivity index (χ0n) is 19.4. The van der Waals surface area contributed by atoms with Crippen LogP contribution in [0, 0.1) is 0 Å². The summed E-state index contributed by atoms with van der Waals surface area (Å²) >= 11 is 0. The van der Waals surface area contributed by atoms with Crippen molar-refractivity contribution >= 4 is 0 Å². The van der Waals surface area contributed by atoms with Crippen molar-refractivity contribution in [3.63, 3.8) is 0 Å². The minimum atomic E-state index is 1.12. The van der Waals surface area contributed by atoms with E-state index in [2.05, 4.69) is 22.5 Å². The Hall–Kier alpha value is -0.120. The van der Waals surface area contributed by atoms with Crippen molar-refractivity contribution in [3.05, 3.63) is 0 Å². The minimum Gasteiger partial charge on any atom is -0.315 e. The van der Waals surface area contributed by atoms with Crippen LogP contribution in [-0.2, 0) is 0 Å². The number of nitrogens with zero attached hydrogens (tertiary/aromatic N) is 1. The van der Waals surface area contributed by atoms with Crippen molar-refractivity contribution in [3.8, 4) is 0 Å². The van der Waals surface area contributed by atoms with Gasteiger partial charge in [0, 0.05) is 26.2 Å². The second kappa shape index (κ2) is 21.6. The maximum atomic E-state index is 3.58. The first-order valence-corrected chi connectivity index (χ1v) is 13.1. The Kier molecular flexibility index (Phi) is 20.0. The van der Waals surface area contributed by atoms with Crippen LogP contribution in [0.15, 0.2) is 0 Å². The lowest BCUT2D eigenvalue weighted by Crippen LogP contribution is -2.37. The van der Waals surface area contributed by atoms with Gasteiger partial charge in [0.2, 0.25) is 0 Å². The van der Waals surface area contributed by atoms with Crippen molar-refractivity contribution in [1.82, 2.24) is 15.5 Å². The molecular weight excluding hydrogens is 342 g/mol. The molecule has 1 fully saturated rings. The SMILES string of the molecule is CCCCCCCCCCCCCCCCN1CCCCCNCCNCC1. The van der Waals surface area contributed by atoms with Crippen LogP contribution in [0.3, 0.4) is 0 Å². The lowest BCUT2D eigenvalue weighted by molar-refractivity contribution is 0.258. The Morgan fingerprint density at radius 3 is 1.64 bits per heavy atom. The van der Waals surface area contributed by atoms with E-state index in [4.69, 9.17) is 0 Å². The van der Waals surface area contributed by atoms with Crippen LogP contribution < -0.4 is 10.6 Å². The lowest BCUT2D eigenvalue weighted by atomic mass is 10.0. The molecule has 0 amide bonds. The average Bonchev–Trinajstić information content (AvgIpc) is 2.70. The fourth-order valence-electron chi connectivity index (χ4n) is 4.29. The molecule has 0 aromatic rings. The Labute approximate surface area is 177 Å². The number of hydrogen-bond acceptors (Lipinski definition) is 3. The summed E-state index contributed by atoms with van der Waals surface area (Å²) in [6, 6.07) is 0. The van der Waals surface area contributed by atoms with E-state index >= 15 is 0 Å². The second-order valence-corrected chi connectivity index (χ2v) is 9.00. The summed E-state index contributed by atoms with van der Waals surface area (Å²) in [5, 5.41) is 7.10. The molecule has 1 heterocycles. The summed E-state index contributed by atoms with van der Waals surface area (Å²) in [4.78, 5) is 2.71. The number of unbranched alkanes of at least 4 members (excludes halogenated alkanes) is 13. The van der Waals surface area contributed by atoms with Gasteiger partial charge in [0.25, 0.3) is 0 Å². The molecule has 0 aliphatic carbocycles. The van der Waals surface area contributed by atoms with E-state index < -0.39 is 0 Å². The topological polar surface area (TPSA) is 27.3 Å². The number of rotatable bonds is 15. The minimum absolute atomic E-state index is 1.12. The van der Waals surface area contributed by atoms with E-state index in [1.165, 1.54) is 135 Å². The van der Waals surface area contributed by atoms with Gasteiger partial charge in [-0.25, -0.2) is 0 Å². The van der Waals surface area contributed by atoms with Crippen molar-refractivity contribution in [2.24, 2.45) is 0 Å². The van der Waals surface area contributed by atoms with Gasteiger partial charge in [0.1, 0.15) is 0 Å². The van der Waals surface area contributed by atoms with Crippen molar-refractivity contribution in [1.29, 1.82) is 0 Å². The molecule has 1 rings (SSSR count). The first kappa shape index (κ1) is 25.9. The summed E-state index contributed by atoms with van der Waals surface area (Å²) in [5.41, 5.74) is 0. The normalized spacial score (nSPS) is 17.9. The largest absolute Gasteiger partial charge is 0.315 e. The maximum absolute atomic E-state index is 3.58. The molecule has 0 spiro atoms. The van der Waals surface area contributed by atoms with Crippen molar-refractivity contribution < 1.29 is 0 Å². The summed E-state index contributed by atoms with van der Waals surface area (Å²) in [5.74, 6) is 0. The molecule has 0 bridgehead atoms. The second-order valence-electron chi connectivity index (χ2n) is 9.00. The molecule has 2 N–H and O–H groups in total. The summed E-state index contributed by atoms with van der Waals surface area (Å²) in [6.45, 7) is 10.7. The summed E-state index contributed by atoms with van der Waals surface area (Å²) in [6.07, 6.45) is 24.4. The van der Waals surface area contributed by atoms with E-state index in [0.717, 1.165) is 19.6 Å². The first-order valence-electron chi connectivity index (χ1n) is 13.1. The van der Waals surface area contributed by atoms with E-state index in [0.29, 0.717) is 0 Å². The van der Waals surface area contributed by atoms with Gasteiger partial charge >= 0.3 is 0 Å². The average molecular weight is 396 g/mol. The van der Waals surface area contributed by atoms with E-state index in [1.807, 2.05) is 0 Å². The van der Waals surface area contributed by atoms with Crippen LogP contribution >= 0.6 is 0 Å². The van der Waals surface area contributed by atoms with Crippen LogP contribution in [0.1, 0.15) is 116 Å². The molecule has 0 aromatic carbocycles. The fraction of sp³-hybridized carbons (Fsp3) is 1.00. The highest BCUT2D eigenvalue weighted by atomic mass is 15.1. The number of nitrogens with one attached hydrogen (secondary N) is 2. The fourth-order valence-corrected chi connectivity index (χ4v) is 4.29. The van der Waals surface area contributed by atoms with Crippen LogP contribution in [0.4, 0.5) is 0 Å². The summed E-state index contributed by atoms with van der Waals surface area (Å²) in [7, 11) is 0. The monoisotopic (exact) mass is 395 g/mol. The zero-order valence-corrected chi connectivity index (χ0v) is 19.4. The molecule has 28 heavy (non-hydrogen) atoms. The standard InChI is InChI=1S/C25H53N3/c1-2-3-4-5-6-7-8-9-10-11-12-13-14-17-23-28-24-18-15-16-19-26-20-21-27-22-25-28/h26-27H,2-25H2,1H3. The molecule has 0 unspecified atom stereocenters. The third-order valence-corrected chi connectivity index (χ3v) is 6.24. The van der Waals surface area contributed by atoms with Gasteiger partial charge in [-0.1, -0.05) is 96.8 Å². The van der Waals surface area contributed by atoms with Crippen molar-refractivity contribution in [2.75, 3.05) is 45.8 Å². The Morgan fingerprint density at radius 1 is 0.500 bits per heavy atom. The molecule has 3 heteroatoms. The molecule has 3 nitrogen and oxygen atoms in total. The molecule has 0 atom stereocenters. The molecule has 0 saturated carbocycles. The van der Waals surface area contributed by atoms with Crippen LogP contribution in [0.5, 0.6) is 0 Å². The van der Waals surface area contributed by atoms with Crippen LogP contribution in [-0.4, -0.2) is 50.7 Å². The Balaban J connectivity index is 1.86. The van der Waals surface area contributed by atoms with Crippen LogP contribution in [0.2, 0.25) is 0 Å². The Morgan fingerprint density at radius 2 is 1.04 bits per heavy atom. The molecule has 0 aromatic heterocycles. The molecule has 1 aliphatic rings. The highest BCUT2D eigenvalue weighted by Gasteiger charge is 2.05. The molecule has 168 valence electrons. The van der Waals surface area contributed by atoms with Gasteiger partial charge in [0.15, 0.2) is 0 Å².